The van der Waals surface area contributed by atoms with Gasteiger partial charge in [0.15, 0.2) is 0 Å². The first-order valence-corrected chi connectivity index (χ1v) is 6.85. The molecule has 0 unspecified atom stereocenters. The van der Waals surface area contributed by atoms with Gasteiger partial charge in [0.05, 0.1) is 0 Å². The van der Waals surface area contributed by atoms with Crippen LogP contribution in [0, 0.1) is 5.92 Å². The average Bonchev–Trinajstić information content (AvgIpc) is 2.56. The summed E-state index contributed by atoms with van der Waals surface area (Å²) in [5.41, 5.74) is 0. The molecule has 2 N–H and O–H groups in total. The SMILES string of the molecule is CCn1c(CCC(C)C)nnc1S(N)(=O)=O. The molecule has 92 valence electrons. The standard InChI is InChI=1S/C9H18N4O2S/c1-4-13-8(6-5-7(2)3)11-12-9(13)16(10,14)15/h7H,4-6H2,1-3H3,(H2,10,14,15). The van der Waals surface area contributed by atoms with Gasteiger partial charge in [0.1, 0.15) is 5.82 Å². The lowest BCUT2D eigenvalue weighted by molar-refractivity contribution is 0.538. The van der Waals surface area contributed by atoms with Crippen molar-refractivity contribution in [3.63, 3.8) is 0 Å². The summed E-state index contributed by atoms with van der Waals surface area (Å²) in [6, 6.07) is 0. The maximum absolute atomic E-state index is 11.2. The third-order valence-corrected chi connectivity index (χ3v) is 3.12. The Morgan fingerprint density at radius 1 is 1.38 bits per heavy atom. The van der Waals surface area contributed by atoms with Gasteiger partial charge in [-0.25, -0.2) is 13.6 Å². The van der Waals surface area contributed by atoms with E-state index in [0.29, 0.717) is 24.7 Å². The zero-order valence-electron chi connectivity index (χ0n) is 9.84. The maximum Gasteiger partial charge on any atom is 0.273 e. The molecule has 0 saturated heterocycles. The van der Waals surface area contributed by atoms with Crippen molar-refractivity contribution in [2.75, 3.05) is 0 Å². The van der Waals surface area contributed by atoms with E-state index in [9.17, 15) is 8.42 Å². The Hall–Kier alpha value is -0.950. The summed E-state index contributed by atoms with van der Waals surface area (Å²) in [5.74, 6) is 1.22. The average molecular weight is 246 g/mol. The van der Waals surface area contributed by atoms with Crippen LogP contribution in [-0.2, 0) is 23.0 Å². The first-order chi connectivity index (χ1) is 7.36. The fourth-order valence-electron chi connectivity index (χ4n) is 1.45. The van der Waals surface area contributed by atoms with Crippen LogP contribution in [0.25, 0.3) is 0 Å². The van der Waals surface area contributed by atoms with Gasteiger partial charge in [-0.15, -0.1) is 10.2 Å². The van der Waals surface area contributed by atoms with Crippen LogP contribution in [-0.4, -0.2) is 23.2 Å². The second-order valence-electron chi connectivity index (χ2n) is 4.12. The lowest BCUT2D eigenvalue weighted by atomic mass is 10.1. The number of rotatable bonds is 5. The molecule has 0 fully saturated rings. The molecular weight excluding hydrogens is 228 g/mol. The number of nitrogens with two attached hydrogens (primary N) is 1. The van der Waals surface area contributed by atoms with Gasteiger partial charge in [-0.2, -0.15) is 0 Å². The molecule has 1 aromatic rings. The molecule has 1 heterocycles. The van der Waals surface area contributed by atoms with Crippen molar-refractivity contribution in [3.05, 3.63) is 5.82 Å². The second-order valence-corrected chi connectivity index (χ2v) is 5.58. The highest BCUT2D eigenvalue weighted by atomic mass is 32.2. The Morgan fingerprint density at radius 2 is 2.00 bits per heavy atom. The summed E-state index contributed by atoms with van der Waals surface area (Å²) < 4.78 is 24.0. The molecule has 1 rings (SSSR count). The van der Waals surface area contributed by atoms with Crippen LogP contribution in [0.15, 0.2) is 5.16 Å². The third kappa shape index (κ3) is 3.02. The number of aryl methyl sites for hydroxylation is 1. The molecule has 7 heteroatoms. The van der Waals surface area contributed by atoms with E-state index in [1.54, 1.807) is 4.57 Å². The molecular formula is C9H18N4O2S. The zero-order chi connectivity index (χ0) is 12.3. The van der Waals surface area contributed by atoms with E-state index >= 15 is 0 Å². The van der Waals surface area contributed by atoms with Gasteiger partial charge in [0.25, 0.3) is 15.2 Å². The molecule has 0 saturated carbocycles. The van der Waals surface area contributed by atoms with Crippen LogP contribution in [0.3, 0.4) is 0 Å². The van der Waals surface area contributed by atoms with Crippen molar-refractivity contribution in [1.29, 1.82) is 0 Å². The van der Waals surface area contributed by atoms with Crippen LogP contribution in [0.2, 0.25) is 0 Å². The van der Waals surface area contributed by atoms with E-state index < -0.39 is 10.0 Å². The summed E-state index contributed by atoms with van der Waals surface area (Å²) in [7, 11) is -3.77. The lowest BCUT2D eigenvalue weighted by Gasteiger charge is -2.07. The monoisotopic (exact) mass is 246 g/mol. The number of nitrogens with zero attached hydrogens (tertiary/aromatic N) is 3. The predicted octanol–water partition coefficient (Wildman–Crippen LogP) is 0.534. The minimum absolute atomic E-state index is 0.145. The Bertz CT molecular complexity index is 450. The lowest BCUT2D eigenvalue weighted by Crippen LogP contribution is -2.19. The highest BCUT2D eigenvalue weighted by Gasteiger charge is 2.19. The van der Waals surface area contributed by atoms with E-state index in [0.717, 1.165) is 6.42 Å². The molecule has 0 bridgehead atoms. The van der Waals surface area contributed by atoms with E-state index in [2.05, 4.69) is 24.0 Å². The number of hydrogen-bond acceptors (Lipinski definition) is 4. The van der Waals surface area contributed by atoms with Gasteiger partial charge in [-0.1, -0.05) is 13.8 Å². The van der Waals surface area contributed by atoms with E-state index in [4.69, 9.17) is 5.14 Å². The third-order valence-electron chi connectivity index (χ3n) is 2.31. The van der Waals surface area contributed by atoms with Crippen molar-refractivity contribution in [1.82, 2.24) is 14.8 Å². The van der Waals surface area contributed by atoms with Gasteiger partial charge in [-0.3, -0.25) is 0 Å². The summed E-state index contributed by atoms with van der Waals surface area (Å²) >= 11 is 0. The first kappa shape index (κ1) is 13.1. The van der Waals surface area contributed by atoms with Crippen molar-refractivity contribution < 1.29 is 8.42 Å². The number of primary sulfonamides is 1. The van der Waals surface area contributed by atoms with E-state index in [1.165, 1.54) is 0 Å². The Kier molecular flexibility index (Phi) is 4.03. The van der Waals surface area contributed by atoms with E-state index in [1.807, 2.05) is 6.92 Å². The van der Waals surface area contributed by atoms with Crippen molar-refractivity contribution in [3.8, 4) is 0 Å². The number of sulfonamides is 1. The highest BCUT2D eigenvalue weighted by Crippen LogP contribution is 2.11. The van der Waals surface area contributed by atoms with Gasteiger partial charge >= 0.3 is 0 Å². The molecule has 0 aliphatic carbocycles. The van der Waals surface area contributed by atoms with Crippen LogP contribution in [0.4, 0.5) is 0 Å². The Morgan fingerprint density at radius 3 is 2.44 bits per heavy atom. The van der Waals surface area contributed by atoms with Crippen molar-refractivity contribution in [2.45, 2.75) is 45.3 Å². The Balaban J connectivity index is 3.00. The van der Waals surface area contributed by atoms with Crippen LogP contribution in [0.1, 0.15) is 33.0 Å². The maximum atomic E-state index is 11.2. The number of aromatic nitrogens is 3. The smallest absolute Gasteiger partial charge is 0.273 e. The molecule has 1 aromatic heterocycles. The summed E-state index contributed by atoms with van der Waals surface area (Å²) in [5, 5.41) is 12.4. The fraction of sp³-hybridized carbons (Fsp3) is 0.778. The number of hydrogen-bond donors (Lipinski definition) is 1. The summed E-state index contributed by atoms with van der Waals surface area (Å²) in [6.07, 6.45) is 1.66. The highest BCUT2D eigenvalue weighted by molar-refractivity contribution is 7.89. The van der Waals surface area contributed by atoms with Gasteiger partial charge in [0, 0.05) is 13.0 Å². The molecule has 0 radical (unpaired) electrons. The molecule has 0 aliphatic rings. The fourth-order valence-corrected chi connectivity index (χ4v) is 2.15. The second kappa shape index (κ2) is 4.92. The first-order valence-electron chi connectivity index (χ1n) is 5.31. The topological polar surface area (TPSA) is 90.9 Å². The molecule has 0 spiro atoms. The molecule has 16 heavy (non-hydrogen) atoms. The zero-order valence-corrected chi connectivity index (χ0v) is 10.7. The van der Waals surface area contributed by atoms with Crippen molar-refractivity contribution >= 4 is 10.0 Å². The Labute approximate surface area is 95.9 Å². The summed E-state index contributed by atoms with van der Waals surface area (Å²) in [4.78, 5) is 0. The minimum Gasteiger partial charge on any atom is -0.301 e. The largest absolute Gasteiger partial charge is 0.301 e. The van der Waals surface area contributed by atoms with Gasteiger partial charge in [0.2, 0.25) is 0 Å². The van der Waals surface area contributed by atoms with Crippen molar-refractivity contribution in [2.24, 2.45) is 11.1 Å². The molecule has 0 aliphatic heterocycles. The van der Waals surface area contributed by atoms with Gasteiger partial charge < -0.3 is 4.57 Å². The van der Waals surface area contributed by atoms with Crippen LogP contribution < -0.4 is 5.14 Å². The molecule has 0 amide bonds. The predicted molar refractivity (Wildman–Crippen MR) is 60.2 cm³/mol. The van der Waals surface area contributed by atoms with E-state index in [-0.39, 0.29) is 5.16 Å². The van der Waals surface area contributed by atoms with Gasteiger partial charge in [-0.05, 0) is 19.3 Å². The summed E-state index contributed by atoms with van der Waals surface area (Å²) in [6.45, 7) is 6.56. The normalized spacial score (nSPS) is 12.3. The quantitative estimate of drug-likeness (QED) is 0.820. The molecule has 6 nitrogen and oxygen atoms in total. The minimum atomic E-state index is -3.77. The molecule has 0 aromatic carbocycles. The van der Waals surface area contributed by atoms with Crippen LogP contribution >= 0.6 is 0 Å². The van der Waals surface area contributed by atoms with Crippen LogP contribution in [0.5, 0.6) is 0 Å². The molecule has 0 atom stereocenters.